The number of hydrogen-bond donors (Lipinski definition) is 1. The van der Waals surface area contributed by atoms with Crippen LogP contribution in [0.25, 0.3) is 0 Å². The topological polar surface area (TPSA) is 66.8 Å². The number of carboxylic acids is 1. The Kier molecular flexibility index (Phi) is 4.31. The summed E-state index contributed by atoms with van der Waals surface area (Å²) in [6.45, 7) is 2.30. The molecule has 1 atom stereocenters. The maximum absolute atomic E-state index is 12.4. The first-order valence-corrected chi connectivity index (χ1v) is 7.14. The van der Waals surface area contributed by atoms with Gasteiger partial charge in [-0.2, -0.15) is 0 Å². The van der Waals surface area contributed by atoms with Gasteiger partial charge in [-0.15, -0.1) is 11.8 Å². The lowest BCUT2D eigenvalue weighted by atomic mass is 10.1. The molecule has 1 aliphatic heterocycles. The first-order chi connectivity index (χ1) is 9.15. The lowest BCUT2D eigenvalue weighted by molar-refractivity contribution is -0.140. The minimum absolute atomic E-state index is 0.290. The molecule has 0 bridgehead atoms. The minimum atomic E-state index is -0.966. The number of aliphatic carboxylic acids is 1. The molecule has 1 aromatic carbocycles. The van der Waals surface area contributed by atoms with Crippen molar-refractivity contribution in [3.8, 4) is 5.75 Å². The van der Waals surface area contributed by atoms with Crippen LogP contribution >= 0.6 is 11.8 Å². The summed E-state index contributed by atoms with van der Waals surface area (Å²) in [6.07, 6.45) is 0. The normalized spacial score (nSPS) is 18.4. The van der Waals surface area contributed by atoms with Crippen molar-refractivity contribution in [3.05, 3.63) is 29.8 Å². The van der Waals surface area contributed by atoms with Crippen molar-refractivity contribution < 1.29 is 19.4 Å². The third-order valence-electron chi connectivity index (χ3n) is 2.85. The van der Waals surface area contributed by atoms with Crippen molar-refractivity contribution >= 4 is 23.6 Å². The number of hydrogen-bond acceptors (Lipinski definition) is 4. The first-order valence-electron chi connectivity index (χ1n) is 5.98. The van der Waals surface area contributed by atoms with Crippen molar-refractivity contribution in [3.63, 3.8) is 0 Å². The van der Waals surface area contributed by atoms with Gasteiger partial charge < -0.3 is 14.7 Å². The number of para-hydroxylation sites is 1. The third kappa shape index (κ3) is 2.84. The Balaban J connectivity index is 2.26. The standard InChI is InChI=1S/C13H15NO4S/c1-2-18-11-6-4-3-5-9(11)12(15)14-8-19-7-10(14)13(16)17/h3-6,10H,2,7-8H2,1H3,(H,16,17)/t10-/m0/s1. The van der Waals surface area contributed by atoms with Gasteiger partial charge in [0.15, 0.2) is 0 Å². The van der Waals surface area contributed by atoms with E-state index >= 15 is 0 Å². The van der Waals surface area contributed by atoms with Crippen LogP contribution in [-0.2, 0) is 4.79 Å². The van der Waals surface area contributed by atoms with Gasteiger partial charge in [-0.05, 0) is 19.1 Å². The van der Waals surface area contributed by atoms with E-state index in [1.54, 1.807) is 24.3 Å². The molecule has 0 spiro atoms. The molecule has 1 fully saturated rings. The van der Waals surface area contributed by atoms with Crippen molar-refractivity contribution in [1.82, 2.24) is 4.90 Å². The summed E-state index contributed by atoms with van der Waals surface area (Å²) in [5.41, 5.74) is 0.415. The van der Waals surface area contributed by atoms with Crippen LogP contribution in [0.2, 0.25) is 0 Å². The zero-order chi connectivity index (χ0) is 13.8. The summed E-state index contributed by atoms with van der Waals surface area (Å²) >= 11 is 1.44. The summed E-state index contributed by atoms with van der Waals surface area (Å²) < 4.78 is 5.41. The molecule has 1 heterocycles. The summed E-state index contributed by atoms with van der Waals surface area (Å²) in [4.78, 5) is 24.9. The Bertz CT molecular complexity index is 491. The van der Waals surface area contributed by atoms with Crippen molar-refractivity contribution in [2.75, 3.05) is 18.2 Å². The average Bonchev–Trinajstić information content (AvgIpc) is 2.88. The van der Waals surface area contributed by atoms with E-state index in [4.69, 9.17) is 9.84 Å². The van der Waals surface area contributed by atoms with E-state index in [2.05, 4.69) is 0 Å². The van der Waals surface area contributed by atoms with Crippen LogP contribution in [0.4, 0.5) is 0 Å². The number of rotatable bonds is 4. The van der Waals surface area contributed by atoms with E-state index in [0.29, 0.717) is 29.5 Å². The molecule has 1 N–H and O–H groups in total. The van der Waals surface area contributed by atoms with Crippen LogP contribution < -0.4 is 4.74 Å². The summed E-state index contributed by atoms with van der Waals surface area (Å²) in [5.74, 6) is 0.0680. The van der Waals surface area contributed by atoms with Gasteiger partial charge in [0.2, 0.25) is 0 Å². The SMILES string of the molecule is CCOc1ccccc1C(=O)N1CSC[C@H]1C(=O)O. The molecule has 0 saturated carbocycles. The summed E-state index contributed by atoms with van der Waals surface area (Å²) in [7, 11) is 0. The molecule has 5 nitrogen and oxygen atoms in total. The van der Waals surface area contributed by atoms with Crippen LogP contribution in [0.3, 0.4) is 0 Å². The number of benzene rings is 1. The molecule has 0 unspecified atom stereocenters. The van der Waals surface area contributed by atoms with E-state index < -0.39 is 12.0 Å². The Morgan fingerprint density at radius 1 is 1.47 bits per heavy atom. The van der Waals surface area contributed by atoms with E-state index in [1.807, 2.05) is 6.92 Å². The van der Waals surface area contributed by atoms with Crippen molar-refractivity contribution in [1.29, 1.82) is 0 Å². The lowest BCUT2D eigenvalue weighted by Crippen LogP contribution is -2.41. The Morgan fingerprint density at radius 3 is 2.89 bits per heavy atom. The molecular weight excluding hydrogens is 266 g/mol. The predicted octanol–water partition coefficient (Wildman–Crippen LogP) is 1.68. The molecule has 1 aliphatic rings. The maximum Gasteiger partial charge on any atom is 0.327 e. The fraction of sp³-hybridized carbons (Fsp3) is 0.385. The molecule has 1 aromatic rings. The van der Waals surface area contributed by atoms with Crippen LogP contribution in [0.1, 0.15) is 17.3 Å². The molecule has 19 heavy (non-hydrogen) atoms. The van der Waals surface area contributed by atoms with E-state index in [9.17, 15) is 9.59 Å². The molecule has 1 amide bonds. The van der Waals surface area contributed by atoms with Crippen molar-refractivity contribution in [2.45, 2.75) is 13.0 Å². The Labute approximate surface area is 115 Å². The number of ether oxygens (including phenoxy) is 1. The third-order valence-corrected chi connectivity index (χ3v) is 3.86. The molecule has 2 rings (SSSR count). The second-order valence-electron chi connectivity index (χ2n) is 4.06. The summed E-state index contributed by atoms with van der Waals surface area (Å²) in [5, 5.41) is 9.11. The zero-order valence-corrected chi connectivity index (χ0v) is 11.4. The van der Waals surface area contributed by atoms with Crippen LogP contribution in [-0.4, -0.2) is 46.2 Å². The first kappa shape index (κ1) is 13.7. The van der Waals surface area contributed by atoms with E-state index in [0.717, 1.165) is 0 Å². The zero-order valence-electron chi connectivity index (χ0n) is 10.5. The molecule has 6 heteroatoms. The minimum Gasteiger partial charge on any atom is -0.493 e. The smallest absolute Gasteiger partial charge is 0.327 e. The van der Waals surface area contributed by atoms with Crippen LogP contribution in [0, 0.1) is 0 Å². The fourth-order valence-electron chi connectivity index (χ4n) is 1.93. The predicted molar refractivity (Wildman–Crippen MR) is 72.5 cm³/mol. The highest BCUT2D eigenvalue weighted by Crippen LogP contribution is 2.27. The van der Waals surface area contributed by atoms with Gasteiger partial charge in [0.1, 0.15) is 11.8 Å². The molecule has 1 saturated heterocycles. The van der Waals surface area contributed by atoms with Gasteiger partial charge in [-0.1, -0.05) is 12.1 Å². The largest absolute Gasteiger partial charge is 0.493 e. The highest BCUT2D eigenvalue weighted by atomic mass is 32.2. The van der Waals surface area contributed by atoms with Gasteiger partial charge in [-0.25, -0.2) is 4.79 Å². The highest BCUT2D eigenvalue weighted by Gasteiger charge is 2.35. The number of carbonyl (C=O) groups excluding carboxylic acids is 1. The monoisotopic (exact) mass is 281 g/mol. The van der Waals surface area contributed by atoms with Gasteiger partial charge in [0.05, 0.1) is 18.0 Å². The van der Waals surface area contributed by atoms with Crippen LogP contribution in [0.15, 0.2) is 24.3 Å². The van der Waals surface area contributed by atoms with Gasteiger partial charge in [0.25, 0.3) is 5.91 Å². The van der Waals surface area contributed by atoms with Gasteiger partial charge in [-0.3, -0.25) is 4.79 Å². The lowest BCUT2D eigenvalue weighted by Gasteiger charge is -2.21. The maximum atomic E-state index is 12.4. The second-order valence-corrected chi connectivity index (χ2v) is 5.06. The van der Waals surface area contributed by atoms with E-state index in [-0.39, 0.29) is 5.91 Å². The Hall–Kier alpha value is -1.69. The quantitative estimate of drug-likeness (QED) is 0.909. The van der Waals surface area contributed by atoms with Crippen molar-refractivity contribution in [2.24, 2.45) is 0 Å². The molecule has 0 radical (unpaired) electrons. The molecular formula is C13H15NO4S. The van der Waals surface area contributed by atoms with Crippen LogP contribution in [0.5, 0.6) is 5.75 Å². The number of nitrogens with zero attached hydrogens (tertiary/aromatic N) is 1. The Morgan fingerprint density at radius 2 is 2.21 bits per heavy atom. The number of amides is 1. The second kappa shape index (κ2) is 5.97. The number of carboxylic acid groups (broad SMARTS) is 1. The number of thioether (sulfide) groups is 1. The number of carbonyl (C=O) groups is 2. The van der Waals surface area contributed by atoms with Gasteiger partial charge in [0, 0.05) is 5.75 Å². The average molecular weight is 281 g/mol. The summed E-state index contributed by atoms with van der Waals surface area (Å²) in [6, 6.07) is 6.15. The molecule has 0 aromatic heterocycles. The van der Waals surface area contributed by atoms with E-state index in [1.165, 1.54) is 16.7 Å². The van der Waals surface area contributed by atoms with Gasteiger partial charge >= 0.3 is 5.97 Å². The molecule has 102 valence electrons. The highest BCUT2D eigenvalue weighted by molar-refractivity contribution is 7.99. The molecule has 0 aliphatic carbocycles. The fourth-order valence-corrected chi connectivity index (χ4v) is 3.07.